The molecule has 1 aliphatic carbocycles. The number of rotatable bonds is 3. The second-order valence-corrected chi connectivity index (χ2v) is 6.70. The lowest BCUT2D eigenvalue weighted by Gasteiger charge is -2.27. The van der Waals surface area contributed by atoms with Gasteiger partial charge >= 0.3 is 6.03 Å². The summed E-state index contributed by atoms with van der Waals surface area (Å²) in [5.41, 5.74) is 3.38. The van der Waals surface area contributed by atoms with Crippen molar-refractivity contribution in [1.82, 2.24) is 20.0 Å². The molecule has 6 heteroatoms. The smallest absolute Gasteiger partial charge is 0.318 e. The summed E-state index contributed by atoms with van der Waals surface area (Å²) in [6.45, 7) is 2.62. The van der Waals surface area contributed by atoms with Crippen LogP contribution in [0.3, 0.4) is 0 Å². The first-order valence-electron chi connectivity index (χ1n) is 8.03. The van der Waals surface area contributed by atoms with Crippen LogP contribution in [0.15, 0.2) is 30.3 Å². The fourth-order valence-corrected chi connectivity index (χ4v) is 3.06. The minimum atomic E-state index is -0.0274. The van der Waals surface area contributed by atoms with Crippen molar-refractivity contribution in [2.45, 2.75) is 38.4 Å². The van der Waals surface area contributed by atoms with Gasteiger partial charge in [0.05, 0.1) is 24.5 Å². The molecule has 1 saturated carbocycles. The first kappa shape index (κ1) is 14.6. The number of benzene rings is 1. The predicted molar refractivity (Wildman–Crippen MR) is 88.3 cm³/mol. The second-order valence-electron chi connectivity index (χ2n) is 6.26. The summed E-state index contributed by atoms with van der Waals surface area (Å²) in [6, 6.07) is 9.66. The molecule has 1 aromatic heterocycles. The van der Waals surface area contributed by atoms with Gasteiger partial charge in [-0.05, 0) is 36.6 Å². The third-order valence-electron chi connectivity index (χ3n) is 4.46. The third-order valence-corrected chi connectivity index (χ3v) is 4.71. The van der Waals surface area contributed by atoms with E-state index in [2.05, 4.69) is 21.2 Å². The number of fused-ring (bicyclic) bond motifs is 1. The number of hydrogen-bond acceptors (Lipinski definition) is 2. The molecule has 1 aliphatic heterocycles. The number of nitrogens with zero attached hydrogens (tertiary/aromatic N) is 3. The molecule has 2 amide bonds. The van der Waals surface area contributed by atoms with Gasteiger partial charge in [0.2, 0.25) is 0 Å². The van der Waals surface area contributed by atoms with E-state index in [0.29, 0.717) is 30.6 Å². The van der Waals surface area contributed by atoms with E-state index in [1.54, 1.807) is 0 Å². The Bertz CT molecular complexity index is 721. The SMILES string of the molecule is O=C(NCc1ccc(Cl)cc1)N1CCn2nc(C3CC3)cc2C1. The van der Waals surface area contributed by atoms with Gasteiger partial charge in [0.1, 0.15) is 0 Å². The zero-order chi connectivity index (χ0) is 15.8. The van der Waals surface area contributed by atoms with E-state index in [4.69, 9.17) is 11.6 Å². The topological polar surface area (TPSA) is 50.2 Å². The minimum absolute atomic E-state index is 0.0274. The molecule has 0 radical (unpaired) electrons. The number of nitrogens with one attached hydrogen (secondary N) is 1. The molecule has 0 saturated heterocycles. The maximum atomic E-state index is 12.4. The number of aromatic nitrogens is 2. The van der Waals surface area contributed by atoms with Crippen LogP contribution in [0.5, 0.6) is 0 Å². The Morgan fingerprint density at radius 2 is 2.04 bits per heavy atom. The Morgan fingerprint density at radius 1 is 1.26 bits per heavy atom. The lowest BCUT2D eigenvalue weighted by atomic mass is 10.2. The molecule has 2 aliphatic rings. The summed E-state index contributed by atoms with van der Waals surface area (Å²) in [4.78, 5) is 14.2. The molecular formula is C17H19ClN4O. The number of amides is 2. The van der Waals surface area contributed by atoms with Crippen molar-refractivity contribution in [2.24, 2.45) is 0 Å². The number of carbonyl (C=O) groups excluding carboxylic acids is 1. The molecule has 0 spiro atoms. The highest BCUT2D eigenvalue weighted by atomic mass is 35.5. The van der Waals surface area contributed by atoms with E-state index in [1.807, 2.05) is 29.2 Å². The molecule has 0 bridgehead atoms. The van der Waals surface area contributed by atoms with Crippen LogP contribution in [0.4, 0.5) is 4.79 Å². The summed E-state index contributed by atoms with van der Waals surface area (Å²) in [7, 11) is 0. The van der Waals surface area contributed by atoms with Crippen molar-refractivity contribution in [3.05, 3.63) is 52.3 Å². The van der Waals surface area contributed by atoms with E-state index in [1.165, 1.54) is 18.5 Å². The molecule has 0 unspecified atom stereocenters. The van der Waals surface area contributed by atoms with E-state index < -0.39 is 0 Å². The molecule has 5 nitrogen and oxygen atoms in total. The first-order chi connectivity index (χ1) is 11.2. The fraction of sp³-hybridized carbons (Fsp3) is 0.412. The van der Waals surface area contributed by atoms with Gasteiger partial charge in [-0.25, -0.2) is 4.79 Å². The molecule has 2 heterocycles. The summed E-state index contributed by atoms with van der Waals surface area (Å²) in [5.74, 6) is 0.653. The highest BCUT2D eigenvalue weighted by Crippen LogP contribution is 2.39. The highest BCUT2D eigenvalue weighted by Gasteiger charge is 2.29. The Hall–Kier alpha value is -2.01. The van der Waals surface area contributed by atoms with Gasteiger partial charge in [0.15, 0.2) is 0 Å². The summed E-state index contributed by atoms with van der Waals surface area (Å²) in [6.07, 6.45) is 2.50. The quantitative estimate of drug-likeness (QED) is 0.940. The molecule has 120 valence electrons. The van der Waals surface area contributed by atoms with Gasteiger partial charge in [0, 0.05) is 24.0 Å². The van der Waals surface area contributed by atoms with Gasteiger partial charge in [0.25, 0.3) is 0 Å². The van der Waals surface area contributed by atoms with Crippen molar-refractivity contribution in [1.29, 1.82) is 0 Å². The molecule has 1 N–H and O–H groups in total. The fourth-order valence-electron chi connectivity index (χ4n) is 2.93. The number of carbonyl (C=O) groups is 1. The lowest BCUT2D eigenvalue weighted by Crippen LogP contribution is -2.43. The zero-order valence-corrected chi connectivity index (χ0v) is 13.6. The predicted octanol–water partition coefficient (Wildman–Crippen LogP) is 3.14. The third kappa shape index (κ3) is 3.20. The van der Waals surface area contributed by atoms with Crippen LogP contribution < -0.4 is 5.32 Å². The standard InChI is InChI=1S/C17H19ClN4O/c18-14-5-1-12(2-6-14)10-19-17(23)21-7-8-22-15(11-21)9-16(20-22)13-3-4-13/h1-2,5-6,9,13H,3-4,7-8,10-11H2,(H,19,23). The van der Waals surface area contributed by atoms with Crippen molar-refractivity contribution < 1.29 is 4.79 Å². The van der Waals surface area contributed by atoms with E-state index in [-0.39, 0.29) is 6.03 Å². The summed E-state index contributed by atoms with van der Waals surface area (Å²) < 4.78 is 2.05. The lowest BCUT2D eigenvalue weighted by molar-refractivity contribution is 0.180. The van der Waals surface area contributed by atoms with E-state index in [0.717, 1.165) is 17.8 Å². The average molecular weight is 331 g/mol. The maximum Gasteiger partial charge on any atom is 0.318 e. The van der Waals surface area contributed by atoms with E-state index >= 15 is 0 Å². The van der Waals surface area contributed by atoms with Crippen molar-refractivity contribution >= 4 is 17.6 Å². The van der Waals surface area contributed by atoms with Crippen LogP contribution >= 0.6 is 11.6 Å². The van der Waals surface area contributed by atoms with E-state index in [9.17, 15) is 4.79 Å². The molecule has 1 aromatic carbocycles. The van der Waals surface area contributed by atoms with Crippen LogP contribution in [0, 0.1) is 0 Å². The molecule has 0 atom stereocenters. The van der Waals surface area contributed by atoms with Crippen LogP contribution in [0.2, 0.25) is 5.02 Å². The van der Waals surface area contributed by atoms with Crippen molar-refractivity contribution in [2.75, 3.05) is 6.54 Å². The second kappa shape index (κ2) is 5.89. The number of halogens is 1. The average Bonchev–Trinajstić information content (AvgIpc) is 3.33. The Balaban J connectivity index is 1.36. The van der Waals surface area contributed by atoms with Crippen molar-refractivity contribution in [3.8, 4) is 0 Å². The van der Waals surface area contributed by atoms with Gasteiger partial charge in [-0.3, -0.25) is 4.68 Å². The first-order valence-corrected chi connectivity index (χ1v) is 8.41. The van der Waals surface area contributed by atoms with Crippen LogP contribution in [0.25, 0.3) is 0 Å². The Morgan fingerprint density at radius 3 is 2.78 bits per heavy atom. The zero-order valence-electron chi connectivity index (χ0n) is 12.8. The summed E-state index contributed by atoms with van der Waals surface area (Å²) >= 11 is 5.87. The molecule has 4 rings (SSSR count). The largest absolute Gasteiger partial charge is 0.334 e. The Labute approximate surface area is 140 Å². The minimum Gasteiger partial charge on any atom is -0.334 e. The maximum absolute atomic E-state index is 12.4. The van der Waals surface area contributed by atoms with Crippen molar-refractivity contribution in [3.63, 3.8) is 0 Å². The molecule has 23 heavy (non-hydrogen) atoms. The van der Waals surface area contributed by atoms with Crippen LogP contribution in [-0.2, 0) is 19.6 Å². The number of hydrogen-bond donors (Lipinski definition) is 1. The van der Waals surface area contributed by atoms with Gasteiger partial charge in [-0.15, -0.1) is 0 Å². The molecule has 2 aromatic rings. The van der Waals surface area contributed by atoms with Gasteiger partial charge in [-0.2, -0.15) is 5.10 Å². The summed E-state index contributed by atoms with van der Waals surface area (Å²) in [5, 5.41) is 8.33. The van der Waals surface area contributed by atoms with Crippen LogP contribution in [0.1, 0.15) is 35.7 Å². The normalized spacial score (nSPS) is 17.0. The van der Waals surface area contributed by atoms with Gasteiger partial charge in [-0.1, -0.05) is 23.7 Å². The monoisotopic (exact) mass is 330 g/mol. The molecule has 1 fully saturated rings. The van der Waals surface area contributed by atoms with Crippen LogP contribution in [-0.4, -0.2) is 27.3 Å². The van der Waals surface area contributed by atoms with Gasteiger partial charge < -0.3 is 10.2 Å². The highest BCUT2D eigenvalue weighted by molar-refractivity contribution is 6.30. The number of urea groups is 1. The molecular weight excluding hydrogens is 312 g/mol. The Kier molecular flexibility index (Phi) is 3.73.